The molecule has 0 unspecified atom stereocenters. The van der Waals surface area contributed by atoms with Gasteiger partial charge in [0.25, 0.3) is 5.91 Å². The Kier molecular flexibility index (Phi) is 4.26. The lowest BCUT2D eigenvalue weighted by atomic mass is 9.99. The first-order chi connectivity index (χ1) is 12.6. The first-order valence-electron chi connectivity index (χ1n) is 9.10. The van der Waals surface area contributed by atoms with Gasteiger partial charge in [-0.2, -0.15) is 0 Å². The fourth-order valence-electron chi connectivity index (χ4n) is 3.71. The van der Waals surface area contributed by atoms with E-state index in [9.17, 15) is 9.59 Å². The van der Waals surface area contributed by atoms with Crippen LogP contribution in [0.25, 0.3) is 0 Å². The van der Waals surface area contributed by atoms with Crippen molar-refractivity contribution in [3.63, 3.8) is 0 Å². The van der Waals surface area contributed by atoms with E-state index in [-0.39, 0.29) is 29.5 Å². The van der Waals surface area contributed by atoms with E-state index in [1.807, 2.05) is 29.6 Å². The van der Waals surface area contributed by atoms with Crippen molar-refractivity contribution in [1.29, 1.82) is 0 Å². The summed E-state index contributed by atoms with van der Waals surface area (Å²) in [5.41, 5.74) is 0.856. The van der Waals surface area contributed by atoms with Crippen molar-refractivity contribution in [1.82, 2.24) is 24.9 Å². The molecule has 2 aliphatic rings. The number of hydrogen-bond acceptors (Lipinski definition) is 5. The zero-order chi connectivity index (χ0) is 18.3. The van der Waals surface area contributed by atoms with Crippen molar-refractivity contribution >= 4 is 11.8 Å². The number of amides is 2. The molecule has 4 rings (SSSR count). The molecule has 0 radical (unpaired) electrons. The molecule has 1 N–H and O–H groups in total. The quantitative estimate of drug-likeness (QED) is 0.848. The van der Waals surface area contributed by atoms with Crippen molar-refractivity contribution in [2.24, 2.45) is 13.0 Å². The largest absolute Gasteiger partial charge is 0.351 e. The molecular weight excluding hydrogens is 334 g/mol. The second-order valence-corrected chi connectivity index (χ2v) is 7.09. The highest BCUT2D eigenvalue weighted by Crippen LogP contribution is 2.39. The van der Waals surface area contributed by atoms with Crippen molar-refractivity contribution in [3.05, 3.63) is 35.7 Å². The summed E-state index contributed by atoms with van der Waals surface area (Å²) in [4.78, 5) is 31.0. The number of nitrogens with zero attached hydrogens (tertiary/aromatic N) is 4. The van der Waals surface area contributed by atoms with Crippen LogP contribution in [0.4, 0.5) is 0 Å². The molecule has 8 heteroatoms. The van der Waals surface area contributed by atoms with Gasteiger partial charge in [-0.15, -0.1) is 0 Å². The van der Waals surface area contributed by atoms with Gasteiger partial charge in [-0.05, 0) is 19.8 Å². The maximum absolute atomic E-state index is 12.4. The fourth-order valence-corrected chi connectivity index (χ4v) is 3.71. The molecule has 2 aromatic rings. The molecule has 1 aliphatic heterocycles. The summed E-state index contributed by atoms with van der Waals surface area (Å²) in [5, 5.41) is 6.87. The lowest BCUT2D eigenvalue weighted by Gasteiger charge is -2.26. The van der Waals surface area contributed by atoms with Crippen molar-refractivity contribution in [2.75, 3.05) is 13.1 Å². The van der Waals surface area contributed by atoms with Crippen molar-refractivity contribution in [3.8, 4) is 0 Å². The molecule has 1 saturated heterocycles. The van der Waals surface area contributed by atoms with Gasteiger partial charge in [-0.25, -0.2) is 4.98 Å². The molecule has 0 spiro atoms. The summed E-state index contributed by atoms with van der Waals surface area (Å²) >= 11 is 0. The van der Waals surface area contributed by atoms with Gasteiger partial charge in [0, 0.05) is 56.9 Å². The van der Waals surface area contributed by atoms with E-state index in [0.717, 1.165) is 24.4 Å². The number of aryl methyl sites for hydroxylation is 1. The van der Waals surface area contributed by atoms with E-state index in [4.69, 9.17) is 4.52 Å². The summed E-state index contributed by atoms with van der Waals surface area (Å²) in [7, 11) is 1.92. The maximum atomic E-state index is 12.4. The molecule has 26 heavy (non-hydrogen) atoms. The standard InChI is InChI=1S/C18H23N5O3/c1-3-23-15(24)8-12(16(23)17-19-6-7-22(17)2)10-20-18(25)14-9-13(21-26-14)11-4-5-11/h6-7,9,11-12,16H,3-5,8,10H2,1-2H3,(H,20,25)/t12-,16+/m0/s1. The van der Waals surface area contributed by atoms with Gasteiger partial charge in [0.05, 0.1) is 11.7 Å². The van der Waals surface area contributed by atoms with Crippen LogP contribution >= 0.6 is 0 Å². The van der Waals surface area contributed by atoms with Gasteiger partial charge in [0.15, 0.2) is 0 Å². The monoisotopic (exact) mass is 357 g/mol. The molecule has 2 aromatic heterocycles. The number of imidazole rings is 1. The smallest absolute Gasteiger partial charge is 0.289 e. The first-order valence-corrected chi connectivity index (χ1v) is 9.10. The maximum Gasteiger partial charge on any atom is 0.289 e. The van der Waals surface area contributed by atoms with Crippen LogP contribution in [0.5, 0.6) is 0 Å². The Hall–Kier alpha value is -2.64. The highest BCUT2D eigenvalue weighted by molar-refractivity contribution is 5.91. The highest BCUT2D eigenvalue weighted by atomic mass is 16.5. The van der Waals surface area contributed by atoms with Crippen LogP contribution in [0.1, 0.15) is 60.2 Å². The molecule has 2 amide bonds. The van der Waals surface area contributed by atoms with Crippen LogP contribution in [0, 0.1) is 5.92 Å². The summed E-state index contributed by atoms with van der Waals surface area (Å²) in [6.07, 6.45) is 6.21. The molecule has 2 fully saturated rings. The summed E-state index contributed by atoms with van der Waals surface area (Å²) in [6, 6.07) is 1.59. The van der Waals surface area contributed by atoms with E-state index >= 15 is 0 Å². The van der Waals surface area contributed by atoms with Crippen LogP contribution in [-0.2, 0) is 11.8 Å². The Morgan fingerprint density at radius 3 is 2.88 bits per heavy atom. The number of hydrogen-bond donors (Lipinski definition) is 1. The lowest BCUT2D eigenvalue weighted by Crippen LogP contribution is -2.35. The topological polar surface area (TPSA) is 93.3 Å². The third-order valence-electron chi connectivity index (χ3n) is 5.28. The third-order valence-corrected chi connectivity index (χ3v) is 5.28. The van der Waals surface area contributed by atoms with Gasteiger partial charge < -0.3 is 19.3 Å². The molecule has 2 atom stereocenters. The van der Waals surface area contributed by atoms with E-state index in [1.165, 1.54) is 0 Å². The predicted octanol–water partition coefficient (Wildman–Crippen LogP) is 1.62. The second-order valence-electron chi connectivity index (χ2n) is 7.09. The minimum absolute atomic E-state index is 0.0293. The number of rotatable bonds is 6. The number of carbonyl (C=O) groups is 2. The van der Waals surface area contributed by atoms with Gasteiger partial charge in [0.1, 0.15) is 5.82 Å². The van der Waals surface area contributed by atoms with Gasteiger partial charge >= 0.3 is 0 Å². The number of carbonyl (C=O) groups excluding carboxylic acids is 2. The molecule has 1 saturated carbocycles. The summed E-state index contributed by atoms with van der Waals surface area (Å²) < 4.78 is 7.10. The first kappa shape index (κ1) is 16.8. The third kappa shape index (κ3) is 3.00. The highest BCUT2D eigenvalue weighted by Gasteiger charge is 2.42. The van der Waals surface area contributed by atoms with E-state index in [1.54, 1.807) is 12.3 Å². The molecule has 8 nitrogen and oxygen atoms in total. The van der Waals surface area contributed by atoms with E-state index < -0.39 is 0 Å². The predicted molar refractivity (Wildman–Crippen MR) is 92.3 cm³/mol. The molecule has 138 valence electrons. The minimum atomic E-state index is -0.287. The van der Waals surface area contributed by atoms with Crippen LogP contribution in [0.3, 0.4) is 0 Å². The number of aromatic nitrogens is 3. The zero-order valence-corrected chi connectivity index (χ0v) is 15.0. The molecular formula is C18H23N5O3. The zero-order valence-electron chi connectivity index (χ0n) is 15.0. The molecule has 1 aliphatic carbocycles. The Balaban J connectivity index is 1.46. The average molecular weight is 357 g/mol. The Labute approximate surface area is 151 Å². The lowest BCUT2D eigenvalue weighted by molar-refractivity contribution is -0.128. The van der Waals surface area contributed by atoms with Crippen LogP contribution in [-0.4, -0.2) is 44.5 Å². The van der Waals surface area contributed by atoms with Gasteiger partial charge in [-0.3, -0.25) is 9.59 Å². The Morgan fingerprint density at radius 2 is 2.23 bits per heavy atom. The van der Waals surface area contributed by atoms with Crippen LogP contribution < -0.4 is 5.32 Å². The fraction of sp³-hybridized carbons (Fsp3) is 0.556. The van der Waals surface area contributed by atoms with Gasteiger partial charge in [0.2, 0.25) is 11.7 Å². The van der Waals surface area contributed by atoms with Crippen LogP contribution in [0.15, 0.2) is 23.0 Å². The van der Waals surface area contributed by atoms with Crippen LogP contribution in [0.2, 0.25) is 0 Å². The van der Waals surface area contributed by atoms with E-state index in [0.29, 0.717) is 25.4 Å². The Bertz CT molecular complexity index is 822. The normalized spacial score (nSPS) is 22.8. The van der Waals surface area contributed by atoms with Crippen molar-refractivity contribution < 1.29 is 14.1 Å². The van der Waals surface area contributed by atoms with E-state index in [2.05, 4.69) is 15.5 Å². The Morgan fingerprint density at radius 1 is 1.42 bits per heavy atom. The average Bonchev–Trinajstić information content (AvgIpc) is 3.07. The molecule has 3 heterocycles. The SMILES string of the molecule is CCN1C(=O)C[C@@H](CNC(=O)c2cc(C3CC3)no2)[C@@H]1c1nccn1C. The summed E-state index contributed by atoms with van der Waals surface area (Å²) in [6.45, 7) is 2.97. The number of nitrogens with one attached hydrogen (secondary N) is 1. The minimum Gasteiger partial charge on any atom is -0.351 e. The molecule has 0 aromatic carbocycles. The van der Waals surface area contributed by atoms with Crippen molar-refractivity contribution in [2.45, 2.75) is 38.1 Å². The van der Waals surface area contributed by atoms with Gasteiger partial charge in [-0.1, -0.05) is 5.16 Å². The molecule has 0 bridgehead atoms. The summed E-state index contributed by atoms with van der Waals surface area (Å²) in [5.74, 6) is 1.29. The second kappa shape index (κ2) is 6.59. The number of likely N-dealkylation sites (tertiary alicyclic amines) is 1.